The average Bonchev–Trinajstić information content (AvgIpc) is 2.78. The molecule has 0 bridgehead atoms. The molecule has 0 aliphatic carbocycles. The van der Waals surface area contributed by atoms with Crippen LogP contribution in [0.5, 0.6) is 5.88 Å². The third-order valence-corrected chi connectivity index (χ3v) is 5.24. The van der Waals surface area contributed by atoms with Crippen LogP contribution in [-0.4, -0.2) is 60.7 Å². The van der Waals surface area contributed by atoms with E-state index in [-0.39, 0.29) is 11.2 Å². The predicted octanol–water partition coefficient (Wildman–Crippen LogP) is 0.0779. The van der Waals surface area contributed by atoms with E-state index < -0.39 is 9.84 Å². The monoisotopic (exact) mass is 301 g/mol. The van der Waals surface area contributed by atoms with E-state index in [2.05, 4.69) is 5.10 Å². The molecule has 1 aromatic heterocycles. The van der Waals surface area contributed by atoms with E-state index in [9.17, 15) is 13.2 Å². The van der Waals surface area contributed by atoms with Crippen molar-refractivity contribution in [1.82, 2.24) is 14.7 Å². The van der Waals surface area contributed by atoms with Crippen LogP contribution in [0.15, 0.2) is 6.20 Å². The third kappa shape index (κ3) is 2.95. The molecule has 1 saturated heterocycles. The summed E-state index contributed by atoms with van der Waals surface area (Å²) in [6.45, 7) is 0.878. The van der Waals surface area contributed by atoms with Crippen molar-refractivity contribution in [2.24, 2.45) is 7.05 Å². The second-order valence-corrected chi connectivity index (χ2v) is 7.37. The van der Waals surface area contributed by atoms with Crippen LogP contribution in [0.3, 0.4) is 0 Å². The summed E-state index contributed by atoms with van der Waals surface area (Å²) < 4.78 is 29.6. The molecule has 1 aromatic rings. The molecule has 1 aliphatic heterocycles. The first-order valence-electron chi connectivity index (χ1n) is 6.38. The normalized spacial score (nSPS) is 17.2. The number of hydrogen-bond donors (Lipinski definition) is 0. The van der Waals surface area contributed by atoms with E-state index in [0.29, 0.717) is 37.4 Å². The molecule has 1 aliphatic rings. The Morgan fingerprint density at radius 2 is 2.00 bits per heavy atom. The van der Waals surface area contributed by atoms with Crippen molar-refractivity contribution in [2.45, 2.75) is 18.1 Å². The van der Waals surface area contributed by atoms with Crippen molar-refractivity contribution < 1.29 is 17.9 Å². The summed E-state index contributed by atoms with van der Waals surface area (Å²) in [4.78, 5) is 14.0. The zero-order valence-electron chi connectivity index (χ0n) is 11.9. The summed E-state index contributed by atoms with van der Waals surface area (Å²) in [5.74, 6) is 0.129. The maximum absolute atomic E-state index is 12.4. The van der Waals surface area contributed by atoms with Crippen molar-refractivity contribution in [3.63, 3.8) is 0 Å². The number of aromatic nitrogens is 2. The fourth-order valence-electron chi connectivity index (χ4n) is 2.42. The molecule has 1 amide bonds. The standard InChI is InChI=1S/C12H19N3O4S/c1-14-8-10(11(13-14)19-2)12(16)15-6-4-9(5-7-15)20(3,17)18/h8-9H,4-7H2,1-3H3. The van der Waals surface area contributed by atoms with Gasteiger partial charge in [-0.1, -0.05) is 0 Å². The average molecular weight is 301 g/mol. The molecule has 0 N–H and O–H groups in total. The van der Waals surface area contributed by atoms with Gasteiger partial charge in [-0.3, -0.25) is 9.48 Å². The molecule has 0 spiro atoms. The summed E-state index contributed by atoms with van der Waals surface area (Å²) in [5, 5.41) is 3.71. The number of aryl methyl sites for hydroxylation is 1. The van der Waals surface area contributed by atoms with Gasteiger partial charge in [0, 0.05) is 32.6 Å². The van der Waals surface area contributed by atoms with Crippen LogP contribution in [0.25, 0.3) is 0 Å². The minimum absolute atomic E-state index is 0.165. The van der Waals surface area contributed by atoms with Crippen LogP contribution in [-0.2, 0) is 16.9 Å². The Morgan fingerprint density at radius 1 is 1.40 bits per heavy atom. The van der Waals surface area contributed by atoms with E-state index in [4.69, 9.17) is 4.74 Å². The largest absolute Gasteiger partial charge is 0.479 e. The molecule has 8 heteroatoms. The third-order valence-electron chi connectivity index (χ3n) is 3.55. The summed E-state index contributed by atoms with van der Waals surface area (Å²) in [6.07, 6.45) is 3.82. The van der Waals surface area contributed by atoms with Crippen LogP contribution in [0, 0.1) is 0 Å². The van der Waals surface area contributed by atoms with Crippen molar-refractivity contribution >= 4 is 15.7 Å². The van der Waals surface area contributed by atoms with Gasteiger partial charge in [0.15, 0.2) is 0 Å². The SMILES string of the molecule is COc1nn(C)cc1C(=O)N1CCC(S(C)(=O)=O)CC1. The Kier molecular flexibility index (Phi) is 4.03. The first-order valence-corrected chi connectivity index (χ1v) is 8.34. The molecule has 2 heterocycles. The van der Waals surface area contributed by atoms with E-state index in [1.807, 2.05) is 0 Å². The Hall–Kier alpha value is -1.57. The first-order chi connectivity index (χ1) is 9.32. The smallest absolute Gasteiger partial charge is 0.260 e. The summed E-state index contributed by atoms with van der Waals surface area (Å²) in [6, 6.07) is 0. The number of piperidine rings is 1. The topological polar surface area (TPSA) is 81.5 Å². The van der Waals surface area contributed by atoms with Crippen LogP contribution >= 0.6 is 0 Å². The van der Waals surface area contributed by atoms with Gasteiger partial charge in [0.25, 0.3) is 5.91 Å². The number of carbonyl (C=O) groups excluding carboxylic acids is 1. The highest BCUT2D eigenvalue weighted by molar-refractivity contribution is 7.91. The minimum atomic E-state index is -3.03. The number of sulfone groups is 1. The molecule has 2 rings (SSSR count). The molecule has 0 aromatic carbocycles. The lowest BCUT2D eigenvalue weighted by atomic mass is 10.1. The maximum Gasteiger partial charge on any atom is 0.260 e. The second kappa shape index (κ2) is 5.43. The number of rotatable bonds is 3. The van der Waals surface area contributed by atoms with Crippen molar-refractivity contribution in [3.05, 3.63) is 11.8 Å². The van der Waals surface area contributed by atoms with Crippen molar-refractivity contribution in [1.29, 1.82) is 0 Å². The van der Waals surface area contributed by atoms with Crippen molar-refractivity contribution in [2.75, 3.05) is 26.5 Å². The van der Waals surface area contributed by atoms with E-state index in [1.54, 1.807) is 18.1 Å². The van der Waals surface area contributed by atoms with Gasteiger partial charge in [-0.15, -0.1) is 5.10 Å². The van der Waals surface area contributed by atoms with Crippen LogP contribution < -0.4 is 4.74 Å². The number of nitrogens with zero attached hydrogens (tertiary/aromatic N) is 3. The fraction of sp³-hybridized carbons (Fsp3) is 0.667. The van der Waals surface area contributed by atoms with Gasteiger partial charge in [-0.25, -0.2) is 8.42 Å². The lowest BCUT2D eigenvalue weighted by molar-refractivity contribution is 0.0722. The van der Waals surface area contributed by atoms with Crippen LogP contribution in [0.1, 0.15) is 23.2 Å². The highest BCUT2D eigenvalue weighted by Gasteiger charge is 2.30. The molecular formula is C12H19N3O4S. The zero-order chi connectivity index (χ0) is 14.9. The van der Waals surface area contributed by atoms with Gasteiger partial charge >= 0.3 is 0 Å². The van der Waals surface area contributed by atoms with E-state index in [1.165, 1.54) is 18.0 Å². The fourth-order valence-corrected chi connectivity index (χ4v) is 3.49. The summed E-state index contributed by atoms with van der Waals surface area (Å²) >= 11 is 0. The first kappa shape index (κ1) is 14.8. The predicted molar refractivity (Wildman–Crippen MR) is 73.5 cm³/mol. The molecule has 20 heavy (non-hydrogen) atoms. The Balaban J connectivity index is 2.09. The van der Waals surface area contributed by atoms with Gasteiger partial charge in [0.1, 0.15) is 15.4 Å². The van der Waals surface area contributed by atoms with Gasteiger partial charge in [0.2, 0.25) is 5.88 Å². The molecule has 7 nitrogen and oxygen atoms in total. The lowest BCUT2D eigenvalue weighted by Gasteiger charge is -2.30. The summed E-state index contributed by atoms with van der Waals surface area (Å²) in [5.41, 5.74) is 0.410. The minimum Gasteiger partial charge on any atom is -0.479 e. The number of ether oxygens (including phenoxy) is 1. The highest BCUT2D eigenvalue weighted by atomic mass is 32.2. The molecule has 112 valence electrons. The van der Waals surface area contributed by atoms with Crippen LogP contribution in [0.2, 0.25) is 0 Å². The number of amides is 1. The van der Waals surface area contributed by atoms with Gasteiger partial charge < -0.3 is 9.64 Å². The number of carbonyl (C=O) groups is 1. The highest BCUT2D eigenvalue weighted by Crippen LogP contribution is 2.22. The number of hydrogen-bond acceptors (Lipinski definition) is 5. The second-order valence-electron chi connectivity index (χ2n) is 5.05. The van der Waals surface area contributed by atoms with Gasteiger partial charge in [-0.05, 0) is 12.8 Å². The molecule has 0 unspecified atom stereocenters. The molecule has 1 fully saturated rings. The Morgan fingerprint density at radius 3 is 2.50 bits per heavy atom. The zero-order valence-corrected chi connectivity index (χ0v) is 12.7. The van der Waals surface area contributed by atoms with Gasteiger partial charge in [-0.2, -0.15) is 0 Å². The summed E-state index contributed by atoms with van der Waals surface area (Å²) in [7, 11) is 0.157. The Bertz CT molecular complexity index is 600. The molecular weight excluding hydrogens is 282 g/mol. The molecule has 0 saturated carbocycles. The lowest BCUT2D eigenvalue weighted by Crippen LogP contribution is -2.42. The number of methoxy groups -OCH3 is 1. The quantitative estimate of drug-likeness (QED) is 0.789. The Labute approximate surface area is 118 Å². The van der Waals surface area contributed by atoms with E-state index in [0.717, 1.165) is 0 Å². The molecule has 0 atom stereocenters. The van der Waals surface area contributed by atoms with Crippen molar-refractivity contribution in [3.8, 4) is 5.88 Å². The van der Waals surface area contributed by atoms with Crippen LogP contribution in [0.4, 0.5) is 0 Å². The maximum atomic E-state index is 12.4. The number of likely N-dealkylation sites (tertiary alicyclic amines) is 1. The van der Waals surface area contributed by atoms with Gasteiger partial charge in [0.05, 0.1) is 12.4 Å². The molecule has 0 radical (unpaired) electrons. The van der Waals surface area contributed by atoms with E-state index >= 15 is 0 Å².